The first-order valence-electron chi connectivity index (χ1n) is 6.93. The standard InChI is InChI=1S/C16H21NO3S/c1-6-10-12(17)14(15(18)20-16(3,4)5)21-13(10)11-7-8-19-9(11)2/h7-8H,6,17H2,1-5H3. The molecule has 0 spiro atoms. The number of furan rings is 1. The molecule has 0 radical (unpaired) electrons. The van der Waals surface area contributed by atoms with Crippen LogP contribution in [0.1, 0.15) is 48.7 Å². The lowest BCUT2D eigenvalue weighted by atomic mass is 10.1. The van der Waals surface area contributed by atoms with E-state index in [1.54, 1.807) is 6.26 Å². The number of hydrogen-bond donors (Lipinski definition) is 1. The predicted molar refractivity (Wildman–Crippen MR) is 85.7 cm³/mol. The molecule has 2 rings (SSSR count). The summed E-state index contributed by atoms with van der Waals surface area (Å²) in [5.74, 6) is 0.453. The van der Waals surface area contributed by atoms with E-state index >= 15 is 0 Å². The minimum absolute atomic E-state index is 0.368. The van der Waals surface area contributed by atoms with E-state index in [9.17, 15) is 4.79 Å². The lowest BCUT2D eigenvalue weighted by Crippen LogP contribution is -2.23. The van der Waals surface area contributed by atoms with E-state index in [0.717, 1.165) is 28.2 Å². The van der Waals surface area contributed by atoms with Crippen molar-refractivity contribution in [3.05, 3.63) is 28.5 Å². The van der Waals surface area contributed by atoms with Crippen molar-refractivity contribution in [2.45, 2.75) is 46.6 Å². The van der Waals surface area contributed by atoms with Gasteiger partial charge in [-0.2, -0.15) is 0 Å². The van der Waals surface area contributed by atoms with Crippen LogP contribution in [0.15, 0.2) is 16.7 Å². The highest BCUT2D eigenvalue weighted by molar-refractivity contribution is 7.18. The monoisotopic (exact) mass is 307 g/mol. The summed E-state index contributed by atoms with van der Waals surface area (Å²) in [5, 5.41) is 0. The summed E-state index contributed by atoms with van der Waals surface area (Å²) in [6.45, 7) is 9.46. The normalized spacial score (nSPS) is 11.7. The Kier molecular flexibility index (Phi) is 4.14. The molecule has 2 aromatic heterocycles. The lowest BCUT2D eigenvalue weighted by Gasteiger charge is -2.19. The van der Waals surface area contributed by atoms with Crippen LogP contribution in [0.5, 0.6) is 0 Å². The average molecular weight is 307 g/mol. The first-order valence-corrected chi connectivity index (χ1v) is 7.75. The number of nitrogen functional groups attached to an aromatic ring is 1. The average Bonchev–Trinajstić information content (AvgIpc) is 2.90. The van der Waals surface area contributed by atoms with Crippen LogP contribution in [0.25, 0.3) is 10.4 Å². The van der Waals surface area contributed by atoms with E-state index in [0.29, 0.717) is 10.6 Å². The highest BCUT2D eigenvalue weighted by Gasteiger charge is 2.26. The SMILES string of the molecule is CCc1c(-c2ccoc2C)sc(C(=O)OC(C)(C)C)c1N. The topological polar surface area (TPSA) is 65.5 Å². The van der Waals surface area contributed by atoms with E-state index in [1.165, 1.54) is 11.3 Å². The van der Waals surface area contributed by atoms with Gasteiger partial charge in [-0.1, -0.05) is 6.92 Å². The van der Waals surface area contributed by atoms with Crippen molar-refractivity contribution < 1.29 is 13.9 Å². The van der Waals surface area contributed by atoms with Gasteiger partial charge < -0.3 is 14.9 Å². The molecule has 0 unspecified atom stereocenters. The van der Waals surface area contributed by atoms with Crippen molar-refractivity contribution >= 4 is 23.0 Å². The van der Waals surface area contributed by atoms with Crippen molar-refractivity contribution in [1.82, 2.24) is 0 Å². The highest BCUT2D eigenvalue weighted by atomic mass is 32.1. The Labute approximate surface area is 128 Å². The second-order valence-electron chi connectivity index (χ2n) is 5.90. The summed E-state index contributed by atoms with van der Waals surface area (Å²) in [4.78, 5) is 13.8. The van der Waals surface area contributed by atoms with Crippen molar-refractivity contribution in [3.63, 3.8) is 0 Å². The van der Waals surface area contributed by atoms with Gasteiger partial charge in [0.2, 0.25) is 0 Å². The van der Waals surface area contributed by atoms with Gasteiger partial charge in [-0.25, -0.2) is 4.79 Å². The Balaban J connectivity index is 2.49. The molecule has 2 N–H and O–H groups in total. The molecule has 5 heteroatoms. The molecule has 0 saturated carbocycles. The van der Waals surface area contributed by atoms with E-state index in [2.05, 4.69) is 0 Å². The number of hydrogen-bond acceptors (Lipinski definition) is 5. The van der Waals surface area contributed by atoms with Crippen LogP contribution in [-0.2, 0) is 11.2 Å². The summed E-state index contributed by atoms with van der Waals surface area (Å²) >= 11 is 1.37. The largest absolute Gasteiger partial charge is 0.469 e. The number of thiophene rings is 1. The van der Waals surface area contributed by atoms with Gasteiger partial charge >= 0.3 is 5.97 Å². The van der Waals surface area contributed by atoms with Gasteiger partial charge in [0, 0.05) is 10.4 Å². The first-order chi connectivity index (χ1) is 9.74. The summed E-state index contributed by atoms with van der Waals surface area (Å²) in [5.41, 5.74) is 8.12. The zero-order valence-corrected chi connectivity index (χ0v) is 13.9. The van der Waals surface area contributed by atoms with Crippen LogP contribution in [-0.4, -0.2) is 11.6 Å². The summed E-state index contributed by atoms with van der Waals surface area (Å²) in [6.07, 6.45) is 2.40. The molecular weight excluding hydrogens is 286 g/mol. The number of ether oxygens (including phenoxy) is 1. The minimum atomic E-state index is -0.536. The Bertz CT molecular complexity index is 662. The third-order valence-corrected chi connectivity index (χ3v) is 4.35. The van der Waals surface area contributed by atoms with Gasteiger partial charge in [-0.3, -0.25) is 0 Å². The molecule has 2 aromatic rings. The number of aryl methyl sites for hydroxylation is 1. The van der Waals surface area contributed by atoms with Crippen molar-refractivity contribution in [1.29, 1.82) is 0 Å². The number of carbonyl (C=O) groups is 1. The molecule has 0 aliphatic rings. The number of esters is 1. The molecule has 0 saturated heterocycles. The summed E-state index contributed by atoms with van der Waals surface area (Å²) in [6, 6.07) is 1.90. The smallest absolute Gasteiger partial charge is 0.351 e. The minimum Gasteiger partial charge on any atom is -0.469 e. The van der Waals surface area contributed by atoms with E-state index in [-0.39, 0.29) is 5.97 Å². The van der Waals surface area contributed by atoms with Crippen LogP contribution in [0.2, 0.25) is 0 Å². The zero-order chi connectivity index (χ0) is 15.8. The van der Waals surface area contributed by atoms with Gasteiger partial charge in [0.25, 0.3) is 0 Å². The molecule has 114 valence electrons. The molecule has 21 heavy (non-hydrogen) atoms. The Morgan fingerprint density at radius 2 is 2.10 bits per heavy atom. The van der Waals surface area contributed by atoms with E-state index < -0.39 is 5.60 Å². The number of nitrogens with two attached hydrogens (primary N) is 1. The Hall–Kier alpha value is -1.75. The van der Waals surface area contributed by atoms with Gasteiger partial charge in [0.05, 0.1) is 12.0 Å². The van der Waals surface area contributed by atoms with Gasteiger partial charge in [0.15, 0.2) is 0 Å². The molecule has 4 nitrogen and oxygen atoms in total. The van der Waals surface area contributed by atoms with E-state index in [1.807, 2.05) is 40.7 Å². The molecule has 2 heterocycles. The van der Waals surface area contributed by atoms with Crippen LogP contribution < -0.4 is 5.73 Å². The lowest BCUT2D eigenvalue weighted by molar-refractivity contribution is 0.00763. The van der Waals surface area contributed by atoms with Crippen molar-refractivity contribution in [2.24, 2.45) is 0 Å². The molecule has 0 aromatic carbocycles. The number of anilines is 1. The zero-order valence-electron chi connectivity index (χ0n) is 13.1. The fourth-order valence-electron chi connectivity index (χ4n) is 2.14. The van der Waals surface area contributed by atoms with Crippen LogP contribution in [0.3, 0.4) is 0 Å². The molecular formula is C16H21NO3S. The summed E-state index contributed by atoms with van der Waals surface area (Å²) in [7, 11) is 0. The molecule has 0 fully saturated rings. The quantitative estimate of drug-likeness (QED) is 0.853. The maximum absolute atomic E-state index is 12.3. The van der Waals surface area contributed by atoms with Crippen molar-refractivity contribution in [2.75, 3.05) is 5.73 Å². The van der Waals surface area contributed by atoms with E-state index in [4.69, 9.17) is 14.9 Å². The fourth-order valence-corrected chi connectivity index (χ4v) is 3.40. The molecule has 0 amide bonds. The molecule has 0 aliphatic heterocycles. The molecule has 0 bridgehead atoms. The number of carbonyl (C=O) groups excluding carboxylic acids is 1. The Morgan fingerprint density at radius 1 is 1.43 bits per heavy atom. The van der Waals surface area contributed by atoms with Crippen molar-refractivity contribution in [3.8, 4) is 10.4 Å². The second-order valence-corrected chi connectivity index (χ2v) is 6.92. The van der Waals surface area contributed by atoms with Gasteiger partial charge in [0.1, 0.15) is 16.2 Å². The third kappa shape index (κ3) is 3.13. The number of rotatable bonds is 3. The van der Waals surface area contributed by atoms with Crippen LogP contribution >= 0.6 is 11.3 Å². The third-order valence-electron chi connectivity index (χ3n) is 3.09. The van der Waals surface area contributed by atoms with Gasteiger partial charge in [-0.05, 0) is 45.7 Å². The van der Waals surface area contributed by atoms with Gasteiger partial charge in [-0.15, -0.1) is 11.3 Å². The van der Waals surface area contributed by atoms with Crippen LogP contribution in [0.4, 0.5) is 5.69 Å². The first kappa shape index (κ1) is 15.6. The molecule has 0 atom stereocenters. The predicted octanol–water partition coefficient (Wildman–Crippen LogP) is 4.42. The second kappa shape index (κ2) is 5.56. The highest BCUT2D eigenvalue weighted by Crippen LogP contribution is 2.41. The Morgan fingerprint density at radius 3 is 2.57 bits per heavy atom. The van der Waals surface area contributed by atoms with Crippen LogP contribution in [0, 0.1) is 6.92 Å². The fraction of sp³-hybridized carbons (Fsp3) is 0.438. The summed E-state index contributed by atoms with van der Waals surface area (Å²) < 4.78 is 10.8. The molecule has 0 aliphatic carbocycles. The maximum Gasteiger partial charge on any atom is 0.351 e. The maximum atomic E-state index is 12.3.